The zero-order valence-electron chi connectivity index (χ0n) is 9.44. The Balaban J connectivity index is 1.98. The minimum Gasteiger partial charge on any atom is -0.381 e. The van der Waals surface area contributed by atoms with E-state index in [2.05, 4.69) is 14.9 Å². The molecule has 1 N–H and O–H groups in total. The molecule has 1 aromatic heterocycles. The fourth-order valence-corrected chi connectivity index (χ4v) is 2.15. The van der Waals surface area contributed by atoms with Crippen LogP contribution in [0.2, 0.25) is 0 Å². The predicted molar refractivity (Wildman–Crippen MR) is 58.7 cm³/mol. The van der Waals surface area contributed by atoms with Gasteiger partial charge in [-0.15, -0.1) is 0 Å². The summed E-state index contributed by atoms with van der Waals surface area (Å²) in [6.45, 7) is 4.82. The smallest absolute Gasteiger partial charge is 0.105 e. The first kappa shape index (κ1) is 10.6. The van der Waals surface area contributed by atoms with Crippen LogP contribution in [0.25, 0.3) is 0 Å². The molecule has 4 nitrogen and oxygen atoms in total. The molecule has 2 rings (SSSR count). The van der Waals surface area contributed by atoms with Gasteiger partial charge in [0.2, 0.25) is 0 Å². The molecule has 0 amide bonds. The summed E-state index contributed by atoms with van der Waals surface area (Å²) in [5.74, 6) is 1.71. The van der Waals surface area contributed by atoms with Crippen molar-refractivity contribution in [3.63, 3.8) is 0 Å². The van der Waals surface area contributed by atoms with Crippen molar-refractivity contribution < 1.29 is 4.74 Å². The summed E-state index contributed by atoms with van der Waals surface area (Å²) >= 11 is 0. The monoisotopic (exact) mass is 209 g/mol. The lowest BCUT2D eigenvalue weighted by molar-refractivity contribution is 0.175. The van der Waals surface area contributed by atoms with Crippen molar-refractivity contribution >= 4 is 0 Å². The Morgan fingerprint density at radius 1 is 1.73 bits per heavy atom. The fourth-order valence-electron chi connectivity index (χ4n) is 2.15. The third-order valence-electron chi connectivity index (χ3n) is 3.22. The van der Waals surface area contributed by atoms with E-state index in [1.54, 1.807) is 0 Å². The van der Waals surface area contributed by atoms with Crippen LogP contribution < -0.4 is 5.32 Å². The van der Waals surface area contributed by atoms with Gasteiger partial charge in [0, 0.05) is 37.5 Å². The Labute approximate surface area is 90.6 Å². The number of aromatic nitrogens is 2. The maximum Gasteiger partial charge on any atom is 0.105 e. The Hall–Kier alpha value is -0.870. The van der Waals surface area contributed by atoms with Crippen LogP contribution in [-0.4, -0.2) is 35.9 Å². The average molecular weight is 209 g/mol. The number of nitrogens with one attached hydrogen (secondary N) is 1. The Morgan fingerprint density at radius 2 is 2.60 bits per heavy atom. The van der Waals surface area contributed by atoms with E-state index in [4.69, 9.17) is 4.74 Å². The lowest BCUT2D eigenvalue weighted by atomic mass is 9.99. The van der Waals surface area contributed by atoms with Gasteiger partial charge in [-0.1, -0.05) is 0 Å². The maximum absolute atomic E-state index is 5.42. The maximum atomic E-state index is 5.42. The topological polar surface area (TPSA) is 39.1 Å². The van der Waals surface area contributed by atoms with E-state index in [9.17, 15) is 0 Å². The predicted octanol–water partition coefficient (Wildman–Crippen LogP) is 0.816. The van der Waals surface area contributed by atoms with E-state index in [1.807, 2.05) is 26.4 Å². The highest BCUT2D eigenvalue weighted by molar-refractivity contribution is 4.91. The molecule has 1 saturated heterocycles. The van der Waals surface area contributed by atoms with E-state index < -0.39 is 0 Å². The summed E-state index contributed by atoms with van der Waals surface area (Å²) in [7, 11) is 2.02. The van der Waals surface area contributed by atoms with Crippen molar-refractivity contribution in [3.8, 4) is 0 Å². The van der Waals surface area contributed by atoms with E-state index in [1.165, 1.54) is 6.42 Å². The minimum atomic E-state index is 0.486. The van der Waals surface area contributed by atoms with E-state index in [0.29, 0.717) is 12.0 Å². The molecule has 1 aromatic rings. The molecular weight excluding hydrogens is 190 g/mol. The first-order valence-electron chi connectivity index (χ1n) is 5.54. The van der Waals surface area contributed by atoms with Gasteiger partial charge in [-0.3, -0.25) is 0 Å². The molecule has 2 atom stereocenters. The van der Waals surface area contributed by atoms with Crippen molar-refractivity contribution in [2.24, 2.45) is 5.92 Å². The number of hydrogen-bond acceptors (Lipinski definition) is 3. The van der Waals surface area contributed by atoms with Crippen molar-refractivity contribution in [2.45, 2.75) is 25.9 Å². The van der Waals surface area contributed by atoms with Gasteiger partial charge >= 0.3 is 0 Å². The number of ether oxygens (including phenoxy) is 1. The summed E-state index contributed by atoms with van der Waals surface area (Å²) in [6, 6.07) is 0.486. The lowest BCUT2D eigenvalue weighted by Gasteiger charge is -2.22. The normalized spacial score (nSPS) is 23.2. The highest BCUT2D eigenvalue weighted by atomic mass is 16.5. The van der Waals surface area contributed by atoms with Gasteiger partial charge in [-0.25, -0.2) is 4.98 Å². The van der Waals surface area contributed by atoms with E-state index >= 15 is 0 Å². The first-order chi connectivity index (χ1) is 7.31. The zero-order valence-corrected chi connectivity index (χ0v) is 9.44. The van der Waals surface area contributed by atoms with E-state index in [-0.39, 0.29) is 0 Å². The van der Waals surface area contributed by atoms with Gasteiger partial charge in [0.25, 0.3) is 0 Å². The number of hydrogen-bond donors (Lipinski definition) is 1. The second-order valence-electron chi connectivity index (χ2n) is 4.15. The van der Waals surface area contributed by atoms with Gasteiger partial charge < -0.3 is 14.6 Å². The Morgan fingerprint density at radius 3 is 3.13 bits per heavy atom. The van der Waals surface area contributed by atoms with Crippen molar-refractivity contribution in [1.82, 2.24) is 14.9 Å². The summed E-state index contributed by atoms with van der Waals surface area (Å²) < 4.78 is 7.62. The van der Waals surface area contributed by atoms with Gasteiger partial charge in [0.05, 0.1) is 6.61 Å². The van der Waals surface area contributed by atoms with Gasteiger partial charge in [-0.2, -0.15) is 0 Å². The molecule has 84 valence electrons. The summed E-state index contributed by atoms with van der Waals surface area (Å²) in [5, 5.41) is 3.38. The van der Waals surface area contributed by atoms with Crippen LogP contribution in [0.4, 0.5) is 0 Å². The molecule has 0 saturated carbocycles. The molecule has 1 aliphatic heterocycles. The quantitative estimate of drug-likeness (QED) is 0.798. The van der Waals surface area contributed by atoms with E-state index in [0.717, 1.165) is 25.6 Å². The minimum absolute atomic E-state index is 0.486. The third-order valence-corrected chi connectivity index (χ3v) is 3.22. The van der Waals surface area contributed by atoms with Crippen LogP contribution in [0.3, 0.4) is 0 Å². The zero-order chi connectivity index (χ0) is 10.7. The highest BCUT2D eigenvalue weighted by Gasteiger charge is 2.24. The summed E-state index contributed by atoms with van der Waals surface area (Å²) in [4.78, 5) is 4.23. The molecule has 1 aliphatic rings. The highest BCUT2D eigenvalue weighted by Crippen LogP contribution is 2.18. The third kappa shape index (κ3) is 2.38. The second-order valence-corrected chi connectivity index (χ2v) is 4.15. The Bertz CT molecular complexity index is 305. The van der Waals surface area contributed by atoms with Crippen LogP contribution in [0.15, 0.2) is 12.4 Å². The van der Waals surface area contributed by atoms with Gasteiger partial charge in [0.1, 0.15) is 5.82 Å². The Kier molecular flexibility index (Phi) is 3.38. The van der Waals surface area contributed by atoms with Crippen molar-refractivity contribution in [1.29, 1.82) is 0 Å². The molecule has 2 heterocycles. The number of rotatable bonds is 4. The lowest BCUT2D eigenvalue weighted by Crippen LogP contribution is -2.37. The number of nitrogens with zero attached hydrogens (tertiary/aromatic N) is 2. The molecule has 0 spiro atoms. The first-order valence-corrected chi connectivity index (χ1v) is 5.54. The molecule has 0 bridgehead atoms. The van der Waals surface area contributed by atoms with Gasteiger partial charge in [0.15, 0.2) is 0 Å². The number of likely N-dealkylation sites (N-methyl/N-ethyl adjacent to an activating group) is 1. The molecule has 15 heavy (non-hydrogen) atoms. The second kappa shape index (κ2) is 4.77. The standard InChI is InChI=1S/C11H19N3O/c1-9-13-4-5-14(9)7-11(12-2)10-3-6-15-8-10/h4-5,10-12H,3,6-8H2,1-2H3. The van der Waals surface area contributed by atoms with Crippen molar-refractivity contribution in [2.75, 3.05) is 20.3 Å². The van der Waals surface area contributed by atoms with Crippen LogP contribution >= 0.6 is 0 Å². The van der Waals surface area contributed by atoms with Gasteiger partial charge in [-0.05, 0) is 20.4 Å². The molecule has 0 aliphatic carbocycles. The molecule has 0 aromatic carbocycles. The molecule has 1 fully saturated rings. The molecule has 2 unspecified atom stereocenters. The average Bonchev–Trinajstić information content (AvgIpc) is 2.86. The van der Waals surface area contributed by atoms with Crippen molar-refractivity contribution in [3.05, 3.63) is 18.2 Å². The SMILES string of the molecule is CNC(Cn1ccnc1C)C1CCOC1. The fraction of sp³-hybridized carbons (Fsp3) is 0.727. The van der Waals surface area contributed by atoms with Crippen LogP contribution in [0.5, 0.6) is 0 Å². The van der Waals surface area contributed by atoms with Crippen LogP contribution in [0.1, 0.15) is 12.2 Å². The number of imidazole rings is 1. The summed E-state index contributed by atoms with van der Waals surface area (Å²) in [6.07, 6.45) is 5.06. The van der Waals surface area contributed by atoms with Crippen LogP contribution in [-0.2, 0) is 11.3 Å². The largest absolute Gasteiger partial charge is 0.381 e. The van der Waals surface area contributed by atoms with Crippen LogP contribution in [0, 0.1) is 12.8 Å². The molecule has 4 heteroatoms. The number of aryl methyl sites for hydroxylation is 1. The molecule has 0 radical (unpaired) electrons. The molecular formula is C11H19N3O. The summed E-state index contributed by atoms with van der Waals surface area (Å²) in [5.41, 5.74) is 0.